The molecular formula is C14H17ClN2O4. The predicted octanol–water partition coefficient (Wildman–Crippen LogP) is 1.48. The highest BCUT2D eigenvalue weighted by Gasteiger charge is 2.16. The summed E-state index contributed by atoms with van der Waals surface area (Å²) in [6, 6.07) is 5.01. The number of nitrogens with two attached hydrogens (primary N) is 1. The minimum Gasteiger partial charge on any atom is -0.490 e. The number of ether oxygens (including phenoxy) is 1. The summed E-state index contributed by atoms with van der Waals surface area (Å²) in [4.78, 5) is 23.3. The topological polar surface area (TPSA) is 94.5 Å². The van der Waals surface area contributed by atoms with Crippen molar-refractivity contribution in [1.82, 2.24) is 4.57 Å². The average Bonchev–Trinajstić information content (AvgIpc) is 2.45. The van der Waals surface area contributed by atoms with E-state index in [1.165, 1.54) is 6.20 Å². The first kappa shape index (κ1) is 17.0. The van der Waals surface area contributed by atoms with Crippen LogP contribution in [-0.4, -0.2) is 28.8 Å². The number of aromatic nitrogens is 1. The number of carboxylic acid groups (broad SMARTS) is 1. The average molecular weight is 313 g/mol. The maximum Gasteiger partial charge on any atom is 0.341 e. The van der Waals surface area contributed by atoms with Crippen LogP contribution in [0.5, 0.6) is 5.75 Å². The van der Waals surface area contributed by atoms with E-state index in [-0.39, 0.29) is 18.0 Å². The van der Waals surface area contributed by atoms with Crippen LogP contribution in [0.15, 0.2) is 29.2 Å². The van der Waals surface area contributed by atoms with Gasteiger partial charge in [0.2, 0.25) is 5.43 Å². The first-order valence-corrected chi connectivity index (χ1v) is 6.32. The second-order valence-electron chi connectivity index (χ2n) is 4.25. The lowest BCUT2D eigenvalue weighted by atomic mass is 10.1. The number of pyridine rings is 1. The number of nitrogens with zero attached hydrogens (tertiary/aromatic N) is 1. The molecule has 0 aliphatic rings. The van der Waals surface area contributed by atoms with Crippen molar-refractivity contribution in [3.63, 3.8) is 0 Å². The molecule has 114 valence electrons. The first-order chi connectivity index (χ1) is 9.60. The quantitative estimate of drug-likeness (QED) is 0.872. The van der Waals surface area contributed by atoms with E-state index >= 15 is 0 Å². The number of benzene rings is 1. The Morgan fingerprint density at radius 2 is 2.14 bits per heavy atom. The molecule has 0 saturated heterocycles. The molecule has 3 N–H and O–H groups in total. The number of aromatic carboxylic acids is 1. The van der Waals surface area contributed by atoms with E-state index in [0.29, 0.717) is 36.3 Å². The monoisotopic (exact) mass is 312 g/mol. The smallest absolute Gasteiger partial charge is 0.341 e. The second kappa shape index (κ2) is 7.10. The molecule has 1 aromatic heterocycles. The zero-order chi connectivity index (χ0) is 14.7. The Hall–Kier alpha value is -2.05. The van der Waals surface area contributed by atoms with Crippen LogP contribution in [0.4, 0.5) is 0 Å². The first-order valence-electron chi connectivity index (χ1n) is 6.32. The maximum absolute atomic E-state index is 12.2. The highest BCUT2D eigenvalue weighted by Crippen LogP contribution is 2.24. The van der Waals surface area contributed by atoms with E-state index in [0.717, 1.165) is 0 Å². The molecule has 0 fully saturated rings. The summed E-state index contributed by atoms with van der Waals surface area (Å²) in [5.41, 5.74) is 5.26. The van der Waals surface area contributed by atoms with Crippen LogP contribution in [0.1, 0.15) is 17.3 Å². The van der Waals surface area contributed by atoms with Crippen LogP contribution in [0.3, 0.4) is 0 Å². The molecule has 21 heavy (non-hydrogen) atoms. The van der Waals surface area contributed by atoms with E-state index in [4.69, 9.17) is 15.6 Å². The maximum atomic E-state index is 12.2. The van der Waals surface area contributed by atoms with Crippen LogP contribution in [0.2, 0.25) is 0 Å². The summed E-state index contributed by atoms with van der Waals surface area (Å²) in [7, 11) is 0. The van der Waals surface area contributed by atoms with E-state index < -0.39 is 11.4 Å². The number of halogens is 1. The highest BCUT2D eigenvalue weighted by atomic mass is 35.5. The molecule has 0 radical (unpaired) electrons. The lowest BCUT2D eigenvalue weighted by Crippen LogP contribution is -2.19. The van der Waals surface area contributed by atoms with Gasteiger partial charge in [0, 0.05) is 19.3 Å². The molecule has 0 spiro atoms. The molecule has 2 rings (SSSR count). The van der Waals surface area contributed by atoms with Gasteiger partial charge in [-0.2, -0.15) is 0 Å². The van der Waals surface area contributed by atoms with Gasteiger partial charge in [0.1, 0.15) is 17.9 Å². The Bertz CT molecular complexity index is 712. The fourth-order valence-electron chi connectivity index (χ4n) is 2.11. The Labute approximate surface area is 127 Å². The molecule has 6 nitrogen and oxygen atoms in total. The lowest BCUT2D eigenvalue weighted by molar-refractivity contribution is 0.0695. The fourth-order valence-corrected chi connectivity index (χ4v) is 2.11. The molecule has 1 heterocycles. The van der Waals surface area contributed by atoms with Crippen LogP contribution < -0.4 is 15.9 Å². The summed E-state index contributed by atoms with van der Waals surface area (Å²) in [5.74, 6) is -0.698. The third-order valence-electron chi connectivity index (χ3n) is 3.01. The van der Waals surface area contributed by atoms with Gasteiger partial charge in [-0.15, -0.1) is 12.4 Å². The summed E-state index contributed by atoms with van der Waals surface area (Å²) < 4.78 is 7.23. The predicted molar refractivity (Wildman–Crippen MR) is 82.6 cm³/mol. The van der Waals surface area contributed by atoms with Gasteiger partial charge >= 0.3 is 5.97 Å². The van der Waals surface area contributed by atoms with E-state index in [2.05, 4.69) is 0 Å². The minimum absolute atomic E-state index is 0. The Morgan fingerprint density at radius 3 is 2.71 bits per heavy atom. The van der Waals surface area contributed by atoms with Gasteiger partial charge in [-0.05, 0) is 19.1 Å². The second-order valence-corrected chi connectivity index (χ2v) is 4.25. The molecule has 0 aliphatic carbocycles. The molecule has 0 amide bonds. The molecule has 0 saturated carbocycles. The van der Waals surface area contributed by atoms with Gasteiger partial charge in [0.15, 0.2) is 0 Å². The lowest BCUT2D eigenvalue weighted by Gasteiger charge is -2.14. The Morgan fingerprint density at radius 1 is 1.43 bits per heavy atom. The molecule has 0 atom stereocenters. The van der Waals surface area contributed by atoms with Crippen molar-refractivity contribution in [2.75, 3.05) is 13.2 Å². The number of fused-ring (bicyclic) bond motifs is 1. The zero-order valence-electron chi connectivity index (χ0n) is 11.5. The number of hydrogen-bond donors (Lipinski definition) is 2. The van der Waals surface area contributed by atoms with Gasteiger partial charge < -0.3 is 20.1 Å². The molecule has 7 heteroatoms. The van der Waals surface area contributed by atoms with Crippen LogP contribution in [0, 0.1) is 0 Å². The van der Waals surface area contributed by atoms with Crippen molar-refractivity contribution >= 4 is 29.3 Å². The largest absolute Gasteiger partial charge is 0.490 e. The van der Waals surface area contributed by atoms with Gasteiger partial charge in [-0.3, -0.25) is 4.79 Å². The zero-order valence-corrected chi connectivity index (χ0v) is 12.4. The molecule has 2 aromatic rings. The van der Waals surface area contributed by atoms with Crippen molar-refractivity contribution in [3.8, 4) is 5.75 Å². The Kier molecular flexibility index (Phi) is 5.75. The summed E-state index contributed by atoms with van der Waals surface area (Å²) in [6.07, 6.45) is 1.35. The fraction of sp³-hybridized carbons (Fsp3) is 0.286. The highest BCUT2D eigenvalue weighted by molar-refractivity contribution is 5.94. The SMILES string of the molecule is CCn1cc(C(=O)O)c(=O)c2cccc(OCCN)c21.Cl. The summed E-state index contributed by atoms with van der Waals surface area (Å²) >= 11 is 0. The van der Waals surface area contributed by atoms with E-state index in [1.807, 2.05) is 6.92 Å². The normalized spacial score (nSPS) is 10.2. The van der Waals surface area contributed by atoms with Gasteiger partial charge in [0.25, 0.3) is 0 Å². The van der Waals surface area contributed by atoms with E-state index in [9.17, 15) is 9.59 Å². The third kappa shape index (κ3) is 3.17. The van der Waals surface area contributed by atoms with Crippen LogP contribution >= 0.6 is 12.4 Å². The van der Waals surface area contributed by atoms with Gasteiger partial charge in [-0.25, -0.2) is 4.79 Å². The number of hydrogen-bond acceptors (Lipinski definition) is 4. The van der Waals surface area contributed by atoms with Crippen molar-refractivity contribution in [1.29, 1.82) is 0 Å². The van der Waals surface area contributed by atoms with Crippen LogP contribution in [-0.2, 0) is 6.54 Å². The van der Waals surface area contributed by atoms with Crippen molar-refractivity contribution in [3.05, 3.63) is 40.2 Å². The molecule has 0 aliphatic heterocycles. The Balaban J connectivity index is 0.00000220. The minimum atomic E-state index is -1.23. The summed E-state index contributed by atoms with van der Waals surface area (Å²) in [5, 5.41) is 9.43. The standard InChI is InChI=1S/C14H16N2O4.ClH/c1-2-16-8-10(14(18)19)13(17)9-4-3-5-11(12(9)16)20-7-6-15;/h3-5,8H,2,6-7,15H2,1H3,(H,18,19);1H. The van der Waals surface area contributed by atoms with Crippen molar-refractivity contribution in [2.45, 2.75) is 13.5 Å². The van der Waals surface area contributed by atoms with Crippen molar-refractivity contribution in [2.24, 2.45) is 5.73 Å². The van der Waals surface area contributed by atoms with E-state index in [1.54, 1.807) is 22.8 Å². The number of para-hydroxylation sites is 1. The number of aryl methyl sites for hydroxylation is 1. The van der Waals surface area contributed by atoms with Gasteiger partial charge in [-0.1, -0.05) is 6.07 Å². The number of carboxylic acids is 1. The number of carbonyl (C=O) groups is 1. The molecular weight excluding hydrogens is 296 g/mol. The third-order valence-corrected chi connectivity index (χ3v) is 3.01. The summed E-state index contributed by atoms with van der Waals surface area (Å²) in [6.45, 7) is 3.09. The van der Waals surface area contributed by atoms with Gasteiger partial charge in [0.05, 0.1) is 10.9 Å². The van der Waals surface area contributed by atoms with Crippen molar-refractivity contribution < 1.29 is 14.6 Å². The molecule has 1 aromatic carbocycles. The molecule has 0 unspecified atom stereocenters. The number of rotatable bonds is 5. The molecule has 0 bridgehead atoms. The van der Waals surface area contributed by atoms with Crippen LogP contribution in [0.25, 0.3) is 10.9 Å².